The van der Waals surface area contributed by atoms with E-state index in [4.69, 9.17) is 4.42 Å². The van der Waals surface area contributed by atoms with Crippen LogP contribution in [0.1, 0.15) is 23.4 Å². The monoisotopic (exact) mass is 326 g/mol. The van der Waals surface area contributed by atoms with Gasteiger partial charge >= 0.3 is 0 Å². The van der Waals surface area contributed by atoms with Crippen LogP contribution < -0.4 is 5.32 Å². The van der Waals surface area contributed by atoms with Crippen molar-refractivity contribution in [1.82, 2.24) is 10.3 Å². The van der Waals surface area contributed by atoms with Crippen molar-refractivity contribution in [3.63, 3.8) is 0 Å². The number of carbonyl (C=O) groups is 1. The Morgan fingerprint density at radius 1 is 1.17 bits per heavy atom. The van der Waals surface area contributed by atoms with E-state index in [-0.39, 0.29) is 11.7 Å². The number of hydrogen-bond donors (Lipinski definition) is 1. The quantitative estimate of drug-likeness (QED) is 0.753. The van der Waals surface area contributed by atoms with Crippen LogP contribution in [-0.2, 0) is 17.6 Å². The summed E-state index contributed by atoms with van der Waals surface area (Å²) in [5, 5.41) is 2.86. The number of rotatable bonds is 6. The lowest BCUT2D eigenvalue weighted by Crippen LogP contribution is -2.25. The zero-order valence-corrected chi connectivity index (χ0v) is 13.5. The first-order valence-corrected chi connectivity index (χ1v) is 7.97. The number of nitrogens with zero attached hydrogens (tertiary/aromatic N) is 1. The zero-order valence-electron chi connectivity index (χ0n) is 13.5. The van der Waals surface area contributed by atoms with E-state index in [9.17, 15) is 9.18 Å². The van der Waals surface area contributed by atoms with Crippen molar-refractivity contribution in [2.75, 3.05) is 6.54 Å². The fourth-order valence-corrected chi connectivity index (χ4v) is 2.50. The number of hydrogen-bond acceptors (Lipinski definition) is 3. The van der Waals surface area contributed by atoms with E-state index in [0.29, 0.717) is 31.7 Å². The van der Waals surface area contributed by atoms with Gasteiger partial charge in [0.25, 0.3) is 0 Å². The van der Waals surface area contributed by atoms with E-state index in [1.54, 1.807) is 12.1 Å². The number of fused-ring (bicyclic) bond motifs is 1. The topological polar surface area (TPSA) is 55.1 Å². The Labute approximate surface area is 139 Å². The molecule has 0 saturated carbocycles. The lowest BCUT2D eigenvalue weighted by atomic mass is 10.1. The molecule has 0 bridgehead atoms. The summed E-state index contributed by atoms with van der Waals surface area (Å²) in [6.45, 7) is 2.53. The zero-order chi connectivity index (χ0) is 16.9. The highest BCUT2D eigenvalue weighted by Gasteiger charge is 2.08. The fraction of sp³-hybridized carbons (Fsp3) is 0.263. The van der Waals surface area contributed by atoms with Gasteiger partial charge in [-0.2, -0.15) is 0 Å². The number of aromatic nitrogens is 1. The average Bonchev–Trinajstić information content (AvgIpc) is 2.97. The lowest BCUT2D eigenvalue weighted by Gasteiger charge is -2.04. The molecule has 124 valence electrons. The Morgan fingerprint density at radius 2 is 1.96 bits per heavy atom. The van der Waals surface area contributed by atoms with Gasteiger partial charge in [0.1, 0.15) is 11.3 Å². The molecule has 1 aromatic heterocycles. The molecule has 3 aromatic rings. The first-order chi connectivity index (χ1) is 11.6. The maximum atomic E-state index is 12.8. The molecule has 0 aliphatic carbocycles. The van der Waals surface area contributed by atoms with Crippen molar-refractivity contribution in [2.45, 2.75) is 26.2 Å². The van der Waals surface area contributed by atoms with Gasteiger partial charge in [0.15, 0.2) is 11.5 Å². The molecule has 0 aliphatic heterocycles. The molecular weight excluding hydrogens is 307 g/mol. The van der Waals surface area contributed by atoms with Crippen LogP contribution in [0.2, 0.25) is 0 Å². The van der Waals surface area contributed by atoms with Gasteiger partial charge in [0, 0.05) is 19.4 Å². The second-order valence-corrected chi connectivity index (χ2v) is 5.81. The molecule has 0 fully saturated rings. The highest BCUT2D eigenvalue weighted by Crippen LogP contribution is 2.17. The molecule has 0 atom stereocenters. The maximum absolute atomic E-state index is 12.8. The number of carbonyl (C=O) groups excluding carboxylic acids is 1. The summed E-state index contributed by atoms with van der Waals surface area (Å²) in [4.78, 5) is 16.3. The summed E-state index contributed by atoms with van der Waals surface area (Å²) in [7, 11) is 0. The van der Waals surface area contributed by atoms with Crippen molar-refractivity contribution >= 4 is 17.0 Å². The second kappa shape index (κ2) is 7.25. The highest BCUT2D eigenvalue weighted by molar-refractivity contribution is 5.76. The van der Waals surface area contributed by atoms with E-state index in [0.717, 1.165) is 22.2 Å². The van der Waals surface area contributed by atoms with Crippen LogP contribution >= 0.6 is 0 Å². The number of benzene rings is 2. The lowest BCUT2D eigenvalue weighted by molar-refractivity contribution is -0.121. The van der Waals surface area contributed by atoms with E-state index < -0.39 is 0 Å². The molecule has 24 heavy (non-hydrogen) atoms. The van der Waals surface area contributed by atoms with Gasteiger partial charge in [0.05, 0.1) is 0 Å². The number of oxazole rings is 1. The Morgan fingerprint density at radius 3 is 2.75 bits per heavy atom. The molecule has 0 aliphatic rings. The Kier molecular flexibility index (Phi) is 4.89. The standard InChI is InChI=1S/C19H19FN2O2/c1-13-2-7-17-16(12-13)22-19(24-17)9-8-18(23)21-11-10-14-3-5-15(20)6-4-14/h2-7,12H,8-11H2,1H3,(H,21,23). The van der Waals surface area contributed by atoms with Crippen molar-refractivity contribution in [1.29, 1.82) is 0 Å². The highest BCUT2D eigenvalue weighted by atomic mass is 19.1. The molecule has 0 unspecified atom stereocenters. The summed E-state index contributed by atoms with van der Waals surface area (Å²) in [5.41, 5.74) is 3.68. The molecule has 0 saturated heterocycles. The molecular formula is C19H19FN2O2. The number of amides is 1. The normalized spacial score (nSPS) is 10.9. The molecule has 2 aromatic carbocycles. The van der Waals surface area contributed by atoms with Crippen LogP contribution in [0.25, 0.3) is 11.1 Å². The van der Waals surface area contributed by atoms with Crippen molar-refractivity contribution in [3.05, 3.63) is 65.3 Å². The SMILES string of the molecule is Cc1ccc2oc(CCC(=O)NCCc3ccc(F)cc3)nc2c1. The number of aryl methyl sites for hydroxylation is 2. The Balaban J connectivity index is 1.45. The predicted molar refractivity (Wildman–Crippen MR) is 90.2 cm³/mol. The summed E-state index contributed by atoms with van der Waals surface area (Å²) < 4.78 is 18.4. The third kappa shape index (κ3) is 4.19. The minimum atomic E-state index is -0.253. The second-order valence-electron chi connectivity index (χ2n) is 5.81. The van der Waals surface area contributed by atoms with Crippen molar-refractivity contribution in [3.8, 4) is 0 Å². The third-order valence-electron chi connectivity index (χ3n) is 3.80. The summed E-state index contributed by atoms with van der Waals surface area (Å²) in [6, 6.07) is 12.1. The van der Waals surface area contributed by atoms with Gasteiger partial charge in [-0.1, -0.05) is 18.2 Å². The maximum Gasteiger partial charge on any atom is 0.220 e. The van der Waals surface area contributed by atoms with Gasteiger partial charge in [0.2, 0.25) is 5.91 Å². The molecule has 0 radical (unpaired) electrons. The average molecular weight is 326 g/mol. The van der Waals surface area contributed by atoms with Crippen molar-refractivity contribution in [2.24, 2.45) is 0 Å². The minimum Gasteiger partial charge on any atom is -0.441 e. The summed E-state index contributed by atoms with van der Waals surface area (Å²) in [6.07, 6.45) is 1.47. The van der Waals surface area contributed by atoms with Crippen LogP contribution in [-0.4, -0.2) is 17.4 Å². The molecule has 3 rings (SSSR count). The number of halogens is 1. The molecule has 1 amide bonds. The Bertz CT molecular complexity index is 840. The fourth-order valence-electron chi connectivity index (χ4n) is 2.50. The first-order valence-electron chi connectivity index (χ1n) is 7.97. The predicted octanol–water partition coefficient (Wildman–Crippen LogP) is 3.57. The smallest absolute Gasteiger partial charge is 0.220 e. The van der Waals surface area contributed by atoms with E-state index in [1.807, 2.05) is 25.1 Å². The van der Waals surface area contributed by atoms with Crippen LogP contribution in [0.15, 0.2) is 46.9 Å². The van der Waals surface area contributed by atoms with Gasteiger partial charge in [-0.05, 0) is 48.7 Å². The molecule has 1 heterocycles. The van der Waals surface area contributed by atoms with Crippen molar-refractivity contribution < 1.29 is 13.6 Å². The van der Waals surface area contributed by atoms with E-state index in [1.165, 1.54) is 12.1 Å². The van der Waals surface area contributed by atoms with Crippen LogP contribution in [0.5, 0.6) is 0 Å². The third-order valence-corrected chi connectivity index (χ3v) is 3.80. The van der Waals surface area contributed by atoms with Crippen LogP contribution in [0, 0.1) is 12.7 Å². The molecule has 0 spiro atoms. The number of nitrogens with one attached hydrogen (secondary N) is 1. The minimum absolute atomic E-state index is 0.0458. The largest absolute Gasteiger partial charge is 0.441 e. The molecule has 1 N–H and O–H groups in total. The van der Waals surface area contributed by atoms with Crippen LogP contribution in [0.3, 0.4) is 0 Å². The van der Waals surface area contributed by atoms with E-state index >= 15 is 0 Å². The van der Waals surface area contributed by atoms with Gasteiger partial charge in [-0.25, -0.2) is 9.37 Å². The van der Waals surface area contributed by atoms with Gasteiger partial charge in [-0.3, -0.25) is 4.79 Å². The molecule has 5 heteroatoms. The Hall–Kier alpha value is -2.69. The summed E-state index contributed by atoms with van der Waals surface area (Å²) in [5.74, 6) is 0.274. The molecule has 4 nitrogen and oxygen atoms in total. The first kappa shape index (κ1) is 16.2. The van der Waals surface area contributed by atoms with E-state index in [2.05, 4.69) is 10.3 Å². The van der Waals surface area contributed by atoms with Gasteiger partial charge < -0.3 is 9.73 Å². The van der Waals surface area contributed by atoms with Crippen LogP contribution in [0.4, 0.5) is 4.39 Å². The van der Waals surface area contributed by atoms with Gasteiger partial charge in [-0.15, -0.1) is 0 Å². The summed E-state index contributed by atoms with van der Waals surface area (Å²) >= 11 is 0.